The molecule has 0 bridgehead atoms. The molecule has 0 radical (unpaired) electrons. The zero-order valence-corrected chi connectivity index (χ0v) is 21.2. The van der Waals surface area contributed by atoms with Gasteiger partial charge in [0.2, 0.25) is 5.91 Å². The van der Waals surface area contributed by atoms with Crippen molar-refractivity contribution in [3.05, 3.63) is 77.1 Å². The number of rotatable bonds is 11. The van der Waals surface area contributed by atoms with E-state index in [1.54, 1.807) is 0 Å². The van der Waals surface area contributed by atoms with Crippen molar-refractivity contribution in [1.82, 2.24) is 20.5 Å². The Morgan fingerprint density at radius 1 is 1.03 bits per heavy atom. The predicted octanol–water partition coefficient (Wildman–Crippen LogP) is 3.36. The highest BCUT2D eigenvalue weighted by Crippen LogP contribution is 2.42. The van der Waals surface area contributed by atoms with Crippen LogP contribution in [0.25, 0.3) is 0 Å². The van der Waals surface area contributed by atoms with Gasteiger partial charge in [-0.05, 0) is 16.7 Å². The molecular weight excluding hydrogens is 496 g/mol. The number of thioether (sulfide) groups is 1. The maximum Gasteiger partial charge on any atom is 0.303 e. The lowest BCUT2D eigenvalue weighted by Crippen LogP contribution is -2.38. The van der Waals surface area contributed by atoms with Crippen LogP contribution in [0.15, 0.2) is 60.0 Å². The lowest BCUT2D eigenvalue weighted by Gasteiger charge is -2.41. The Bertz CT molecular complexity index is 1160. The van der Waals surface area contributed by atoms with Crippen LogP contribution in [0.1, 0.15) is 54.4 Å². The fourth-order valence-corrected chi connectivity index (χ4v) is 4.98. The third kappa shape index (κ3) is 7.39. The summed E-state index contributed by atoms with van der Waals surface area (Å²) in [6, 6.07) is 15.3. The molecule has 11 heteroatoms. The number of aliphatic carboxylic acids is 1. The highest BCUT2D eigenvalue weighted by Gasteiger charge is 2.38. The fraction of sp³-hybridized carbons (Fsp3) is 0.385. The highest BCUT2D eigenvalue weighted by molar-refractivity contribution is 7.99. The van der Waals surface area contributed by atoms with Crippen molar-refractivity contribution < 1.29 is 29.3 Å². The van der Waals surface area contributed by atoms with Crippen LogP contribution >= 0.6 is 11.8 Å². The summed E-state index contributed by atoms with van der Waals surface area (Å²) >= 11 is 1.54. The number of hydrogen-bond donors (Lipinski definition) is 4. The molecule has 2 heterocycles. The second-order valence-corrected chi connectivity index (χ2v) is 9.84. The van der Waals surface area contributed by atoms with Gasteiger partial charge in [-0.3, -0.25) is 14.7 Å². The number of amides is 1. The van der Waals surface area contributed by atoms with E-state index in [4.69, 9.17) is 14.6 Å². The summed E-state index contributed by atoms with van der Waals surface area (Å²) in [4.78, 5) is 26.6. The summed E-state index contributed by atoms with van der Waals surface area (Å²) in [7, 11) is 0. The number of carboxylic acids is 1. The van der Waals surface area contributed by atoms with Crippen molar-refractivity contribution in [3.8, 4) is 0 Å². The van der Waals surface area contributed by atoms with Gasteiger partial charge in [0.15, 0.2) is 11.4 Å². The van der Waals surface area contributed by atoms with E-state index in [9.17, 15) is 14.7 Å². The van der Waals surface area contributed by atoms with Gasteiger partial charge >= 0.3 is 5.97 Å². The molecule has 1 aliphatic rings. The molecule has 1 aliphatic heterocycles. The van der Waals surface area contributed by atoms with Crippen LogP contribution in [-0.2, 0) is 32.2 Å². The molecule has 0 unspecified atom stereocenters. The lowest BCUT2D eigenvalue weighted by atomic mass is 9.91. The Hall–Kier alpha value is -3.25. The number of nitrogens with one attached hydrogen (secondary N) is 2. The van der Waals surface area contributed by atoms with E-state index in [1.807, 2.05) is 48.5 Å². The number of carbonyl (C=O) groups excluding carboxylic acids is 1. The van der Waals surface area contributed by atoms with Crippen molar-refractivity contribution in [3.63, 3.8) is 0 Å². The minimum atomic E-state index is -0.999. The number of aromatic amines is 1. The molecule has 10 nitrogen and oxygen atoms in total. The van der Waals surface area contributed by atoms with Crippen molar-refractivity contribution >= 4 is 23.6 Å². The van der Waals surface area contributed by atoms with Crippen LogP contribution in [0, 0.1) is 5.92 Å². The predicted molar refractivity (Wildman–Crippen MR) is 135 cm³/mol. The standard InChI is InChI=1S/C26H30N4O6S/c1-16-21(14-37-26-28-15-29-30-26)35-25(36-24(16)19-6-4-18(13-31)5-7-19)20-8-2-17(3-9-20)12-27-22(32)10-11-23(33)34/h2-9,15-16,21,24-25,31H,10-14H2,1H3,(H,27,32)(H,33,34)(H,28,29,30)/t16-,21+,24+,25+/m1/s1. The van der Waals surface area contributed by atoms with Crippen LogP contribution in [0.5, 0.6) is 0 Å². The maximum absolute atomic E-state index is 11.8. The van der Waals surface area contributed by atoms with Gasteiger partial charge in [-0.1, -0.05) is 67.2 Å². The van der Waals surface area contributed by atoms with Gasteiger partial charge in [0.25, 0.3) is 0 Å². The lowest BCUT2D eigenvalue weighted by molar-refractivity contribution is -0.268. The monoisotopic (exact) mass is 526 g/mol. The molecule has 0 spiro atoms. The second-order valence-electron chi connectivity index (χ2n) is 8.84. The zero-order valence-electron chi connectivity index (χ0n) is 20.4. The first-order chi connectivity index (χ1) is 17.9. The SMILES string of the molecule is C[C@@H]1[C@H](CSc2ncn[nH]2)O[C@H](c2ccc(CNC(=O)CCC(=O)O)cc2)O[C@@H]1c1ccc(CO)cc1. The number of aliphatic hydroxyl groups excluding tert-OH is 1. The molecule has 1 fully saturated rings. The van der Waals surface area contributed by atoms with E-state index in [0.29, 0.717) is 12.3 Å². The van der Waals surface area contributed by atoms with Crippen molar-refractivity contribution in [1.29, 1.82) is 0 Å². The summed E-state index contributed by atoms with van der Waals surface area (Å²) < 4.78 is 12.9. The van der Waals surface area contributed by atoms with Crippen LogP contribution < -0.4 is 5.32 Å². The van der Waals surface area contributed by atoms with Crippen LogP contribution in [-0.4, -0.2) is 49.1 Å². The molecule has 0 saturated carbocycles. The summed E-state index contributed by atoms with van der Waals surface area (Å²) in [6.45, 7) is 2.39. The largest absolute Gasteiger partial charge is 0.481 e. The second kappa shape index (κ2) is 12.8. The first kappa shape index (κ1) is 26.8. The van der Waals surface area contributed by atoms with Crippen molar-refractivity contribution in [2.24, 2.45) is 5.92 Å². The molecule has 37 heavy (non-hydrogen) atoms. The van der Waals surface area contributed by atoms with Crippen LogP contribution in [0.2, 0.25) is 0 Å². The Morgan fingerprint density at radius 3 is 2.38 bits per heavy atom. The molecule has 0 aliphatic carbocycles. The molecule has 4 N–H and O–H groups in total. The third-order valence-corrected chi connectivity index (χ3v) is 7.17. The molecule has 196 valence electrons. The van der Waals surface area contributed by atoms with Gasteiger partial charge in [-0.15, -0.1) is 0 Å². The van der Waals surface area contributed by atoms with E-state index in [1.165, 1.54) is 18.1 Å². The molecule has 3 aromatic rings. The van der Waals surface area contributed by atoms with Gasteiger partial charge < -0.3 is 25.0 Å². The molecule has 1 aromatic heterocycles. The van der Waals surface area contributed by atoms with E-state index in [2.05, 4.69) is 27.4 Å². The quantitative estimate of drug-likeness (QED) is 0.276. The van der Waals surface area contributed by atoms with Crippen LogP contribution in [0.4, 0.5) is 0 Å². The average molecular weight is 527 g/mol. The van der Waals surface area contributed by atoms with Gasteiger partial charge in [0, 0.05) is 30.2 Å². The molecular formula is C26H30N4O6S. The van der Waals surface area contributed by atoms with Gasteiger partial charge in [-0.2, -0.15) is 5.10 Å². The molecule has 1 saturated heterocycles. The van der Waals surface area contributed by atoms with E-state index in [-0.39, 0.29) is 43.5 Å². The first-order valence-electron chi connectivity index (χ1n) is 12.0. The number of H-pyrrole nitrogens is 1. The van der Waals surface area contributed by atoms with Gasteiger partial charge in [0.05, 0.1) is 25.2 Å². The Kier molecular flexibility index (Phi) is 9.29. The van der Waals surface area contributed by atoms with Crippen molar-refractivity contribution in [2.75, 3.05) is 5.75 Å². The summed E-state index contributed by atoms with van der Waals surface area (Å²) in [5.41, 5.74) is 3.57. The summed E-state index contributed by atoms with van der Waals surface area (Å²) in [6.07, 6.45) is 0.270. The zero-order chi connectivity index (χ0) is 26.2. The maximum atomic E-state index is 11.8. The highest BCUT2D eigenvalue weighted by atomic mass is 32.2. The number of aliphatic hydroxyl groups is 1. The summed E-state index contributed by atoms with van der Waals surface area (Å²) in [5, 5.41) is 28.3. The number of aromatic nitrogens is 3. The Labute approximate surface area is 218 Å². The number of ether oxygens (including phenoxy) is 2. The minimum Gasteiger partial charge on any atom is -0.481 e. The van der Waals surface area contributed by atoms with E-state index in [0.717, 1.165) is 27.4 Å². The van der Waals surface area contributed by atoms with Gasteiger partial charge in [-0.25, -0.2) is 4.98 Å². The number of nitrogens with zero attached hydrogens (tertiary/aromatic N) is 2. The normalized spacial score (nSPS) is 21.5. The Balaban J connectivity index is 1.46. The average Bonchev–Trinajstić information content (AvgIpc) is 3.44. The number of carbonyl (C=O) groups is 2. The molecule has 4 rings (SSSR count). The summed E-state index contributed by atoms with van der Waals surface area (Å²) in [5.74, 6) is -0.600. The minimum absolute atomic E-state index is 0.0180. The molecule has 4 atom stereocenters. The third-order valence-electron chi connectivity index (χ3n) is 6.21. The number of hydrogen-bond acceptors (Lipinski definition) is 8. The fourth-order valence-electron chi connectivity index (χ4n) is 4.04. The van der Waals surface area contributed by atoms with Crippen molar-refractivity contribution in [2.45, 2.75) is 56.6 Å². The van der Waals surface area contributed by atoms with Gasteiger partial charge in [0.1, 0.15) is 6.33 Å². The first-order valence-corrected chi connectivity index (χ1v) is 13.0. The number of carboxylic acid groups (broad SMARTS) is 1. The molecule has 2 aromatic carbocycles. The topological polar surface area (TPSA) is 147 Å². The number of benzene rings is 2. The Morgan fingerprint density at radius 2 is 1.73 bits per heavy atom. The van der Waals surface area contributed by atoms with E-state index >= 15 is 0 Å². The smallest absolute Gasteiger partial charge is 0.303 e. The molecule has 1 amide bonds. The van der Waals surface area contributed by atoms with Crippen LogP contribution in [0.3, 0.4) is 0 Å². The van der Waals surface area contributed by atoms with E-state index < -0.39 is 12.3 Å².